The molecule has 0 saturated carbocycles. The predicted octanol–water partition coefficient (Wildman–Crippen LogP) is -0.521. The second-order valence-electron chi connectivity index (χ2n) is 3.29. The third-order valence-electron chi connectivity index (χ3n) is 2.17. The molecule has 0 aliphatic carbocycles. The zero-order valence-electron chi connectivity index (χ0n) is 7.95. The Kier molecular flexibility index (Phi) is 4.64. The fourth-order valence-electron chi connectivity index (χ4n) is 1.52. The zero-order valence-corrected chi connectivity index (χ0v) is 8.77. The van der Waals surface area contributed by atoms with Crippen LogP contribution >= 0.6 is 0 Å². The van der Waals surface area contributed by atoms with Crippen LogP contribution in [0.1, 0.15) is 20.7 Å². The van der Waals surface area contributed by atoms with Crippen molar-refractivity contribution in [2.75, 3.05) is 5.88 Å². The summed E-state index contributed by atoms with van der Waals surface area (Å²) in [6, 6.07) is 6.00. The Hall–Kier alpha value is -0.0936. The number of fused-ring (bicyclic) bond motifs is 1. The molecule has 2 rings (SSSR count). The van der Waals surface area contributed by atoms with Crippen molar-refractivity contribution in [3.63, 3.8) is 0 Å². The second-order valence-corrected chi connectivity index (χ2v) is 4.72. The summed E-state index contributed by atoms with van der Waals surface area (Å²) in [5.41, 5.74) is 0.298. The molecule has 1 aliphatic heterocycles. The third-order valence-corrected chi connectivity index (χ3v) is 2.75. The van der Waals surface area contributed by atoms with E-state index in [0.717, 1.165) is 0 Å². The third kappa shape index (κ3) is 3.02. The van der Waals surface area contributed by atoms with Gasteiger partial charge in [0.15, 0.2) is 5.88 Å². The van der Waals surface area contributed by atoms with Crippen LogP contribution in [-0.4, -0.2) is 86.9 Å². The van der Waals surface area contributed by atoms with Crippen molar-refractivity contribution in [1.82, 2.24) is 4.90 Å². The minimum atomic E-state index is -4.41. The van der Waals surface area contributed by atoms with Gasteiger partial charge in [-0.25, -0.2) is 0 Å². The molecule has 6 nitrogen and oxygen atoms in total. The second kappa shape index (κ2) is 5.27. The van der Waals surface area contributed by atoms with Gasteiger partial charge in [-0.2, -0.15) is 8.42 Å². The quantitative estimate of drug-likeness (QED) is 0.447. The molecular formula is C9H8KNO5S. The van der Waals surface area contributed by atoms with E-state index in [1.54, 1.807) is 12.1 Å². The number of carbonyl (C=O) groups excluding carboxylic acids is 2. The van der Waals surface area contributed by atoms with E-state index in [4.69, 9.17) is 4.55 Å². The van der Waals surface area contributed by atoms with Crippen molar-refractivity contribution in [3.05, 3.63) is 35.4 Å². The first kappa shape index (κ1) is 15.0. The Morgan fingerprint density at radius 3 is 1.82 bits per heavy atom. The summed E-state index contributed by atoms with van der Waals surface area (Å²) in [5.74, 6) is -2.43. The Morgan fingerprint density at radius 2 is 1.47 bits per heavy atom. The average Bonchev–Trinajstić information content (AvgIpc) is 2.43. The molecule has 0 aromatic heterocycles. The topological polar surface area (TPSA) is 91.8 Å². The van der Waals surface area contributed by atoms with Gasteiger partial charge in [0.25, 0.3) is 21.9 Å². The van der Waals surface area contributed by atoms with E-state index < -0.39 is 27.8 Å². The fourth-order valence-corrected chi connectivity index (χ4v) is 2.08. The van der Waals surface area contributed by atoms with Gasteiger partial charge in [-0.05, 0) is 12.1 Å². The molecule has 1 N–H and O–H groups in total. The van der Waals surface area contributed by atoms with Crippen LogP contribution in [-0.2, 0) is 10.1 Å². The van der Waals surface area contributed by atoms with Crippen LogP contribution in [0.25, 0.3) is 0 Å². The van der Waals surface area contributed by atoms with Gasteiger partial charge in [0.05, 0.1) is 11.1 Å². The first-order valence-electron chi connectivity index (χ1n) is 4.30. The molecule has 0 radical (unpaired) electrons. The van der Waals surface area contributed by atoms with Crippen LogP contribution in [0.2, 0.25) is 0 Å². The number of hydrogen-bond acceptors (Lipinski definition) is 4. The van der Waals surface area contributed by atoms with Gasteiger partial charge in [-0.15, -0.1) is 0 Å². The van der Waals surface area contributed by atoms with Gasteiger partial charge in [0.2, 0.25) is 0 Å². The van der Waals surface area contributed by atoms with Crippen LogP contribution in [0.15, 0.2) is 24.3 Å². The summed E-state index contributed by atoms with van der Waals surface area (Å²) >= 11 is 0. The first-order chi connectivity index (χ1) is 7.40. The molecule has 0 unspecified atom stereocenters. The molecule has 1 aromatic carbocycles. The average molecular weight is 281 g/mol. The summed E-state index contributed by atoms with van der Waals surface area (Å²) < 4.78 is 29.9. The summed E-state index contributed by atoms with van der Waals surface area (Å²) in [6.07, 6.45) is 0. The maximum absolute atomic E-state index is 11.6. The molecule has 2 amide bonds. The van der Waals surface area contributed by atoms with Crippen molar-refractivity contribution in [1.29, 1.82) is 0 Å². The Bertz CT molecular complexity index is 548. The normalized spacial score (nSPS) is 14.5. The van der Waals surface area contributed by atoms with E-state index in [-0.39, 0.29) is 62.5 Å². The van der Waals surface area contributed by atoms with Crippen LogP contribution < -0.4 is 0 Å². The number of imide groups is 1. The Balaban J connectivity index is 0.00000144. The SMILES string of the molecule is O=C1c2ccccc2C(=O)N1CS(=O)(=O)O.[KH]. The zero-order chi connectivity index (χ0) is 11.9. The summed E-state index contributed by atoms with van der Waals surface area (Å²) in [5, 5.41) is 0. The molecule has 0 saturated heterocycles. The number of rotatable bonds is 2. The van der Waals surface area contributed by atoms with E-state index in [9.17, 15) is 18.0 Å². The van der Waals surface area contributed by atoms with E-state index in [0.29, 0.717) is 4.90 Å². The molecule has 86 valence electrons. The molecule has 8 heteroatoms. The van der Waals surface area contributed by atoms with E-state index in [1.807, 2.05) is 0 Å². The minimum absolute atomic E-state index is 0. The van der Waals surface area contributed by atoms with E-state index in [1.165, 1.54) is 12.1 Å². The summed E-state index contributed by atoms with van der Waals surface area (Å²) in [7, 11) is -4.41. The predicted molar refractivity (Wildman–Crippen MR) is 60.5 cm³/mol. The number of hydrogen-bond donors (Lipinski definition) is 1. The van der Waals surface area contributed by atoms with Gasteiger partial charge in [0, 0.05) is 0 Å². The van der Waals surface area contributed by atoms with Crippen molar-refractivity contribution < 1.29 is 22.6 Å². The van der Waals surface area contributed by atoms with Crippen LogP contribution in [0.5, 0.6) is 0 Å². The van der Waals surface area contributed by atoms with Crippen LogP contribution in [0.4, 0.5) is 0 Å². The monoisotopic (exact) mass is 281 g/mol. The van der Waals surface area contributed by atoms with E-state index in [2.05, 4.69) is 0 Å². The summed E-state index contributed by atoms with van der Waals surface area (Å²) in [4.78, 5) is 23.7. The Labute approximate surface area is 140 Å². The standard InChI is InChI=1S/C9H7NO5S.K.H/c11-8-6-3-1-2-4-7(6)9(12)10(8)5-16(13,14)15;;/h1-4H,5H2,(H,13,14,15);;. The van der Waals surface area contributed by atoms with Crippen molar-refractivity contribution >= 4 is 73.3 Å². The molecule has 1 aromatic rings. The molecule has 1 aliphatic rings. The molecule has 0 fully saturated rings. The first-order valence-corrected chi connectivity index (χ1v) is 5.91. The number of carbonyl (C=O) groups is 2. The number of nitrogens with zero attached hydrogens (tertiary/aromatic N) is 1. The van der Waals surface area contributed by atoms with Gasteiger partial charge in [-0.1, -0.05) is 12.1 Å². The summed E-state index contributed by atoms with van der Waals surface area (Å²) in [6.45, 7) is 0. The van der Waals surface area contributed by atoms with Crippen molar-refractivity contribution in [3.8, 4) is 0 Å². The molecular weight excluding hydrogens is 273 g/mol. The van der Waals surface area contributed by atoms with Gasteiger partial charge < -0.3 is 0 Å². The van der Waals surface area contributed by atoms with Crippen molar-refractivity contribution in [2.24, 2.45) is 0 Å². The molecule has 0 atom stereocenters. The fraction of sp³-hybridized carbons (Fsp3) is 0.111. The maximum atomic E-state index is 11.6. The van der Waals surface area contributed by atoms with Gasteiger partial charge in [0.1, 0.15) is 0 Å². The molecule has 0 spiro atoms. The molecule has 1 heterocycles. The van der Waals surface area contributed by atoms with Gasteiger partial charge in [-0.3, -0.25) is 19.0 Å². The Morgan fingerprint density at radius 1 is 1.06 bits per heavy atom. The number of amides is 2. The molecule has 17 heavy (non-hydrogen) atoms. The van der Waals surface area contributed by atoms with E-state index >= 15 is 0 Å². The van der Waals surface area contributed by atoms with Crippen LogP contribution in [0, 0.1) is 0 Å². The van der Waals surface area contributed by atoms with Crippen LogP contribution in [0.3, 0.4) is 0 Å². The number of benzene rings is 1. The van der Waals surface area contributed by atoms with Gasteiger partial charge >= 0.3 is 51.4 Å². The van der Waals surface area contributed by atoms with Crippen molar-refractivity contribution in [2.45, 2.75) is 0 Å². The molecule has 0 bridgehead atoms.